The number of rotatable bonds is 5. The van der Waals surface area contributed by atoms with Gasteiger partial charge in [0.1, 0.15) is 0 Å². The summed E-state index contributed by atoms with van der Waals surface area (Å²) in [4.78, 5) is 12.0. The molecule has 4 nitrogen and oxygen atoms in total. The van der Waals surface area contributed by atoms with E-state index in [-0.39, 0.29) is 0 Å². The first-order valence-corrected chi connectivity index (χ1v) is 20.1. The second-order valence-corrected chi connectivity index (χ2v) is 15.6. The van der Waals surface area contributed by atoms with Crippen LogP contribution < -0.4 is 0 Å². The predicted molar refractivity (Wildman–Crippen MR) is 240 cm³/mol. The number of benzene rings is 8. The summed E-state index contributed by atoms with van der Waals surface area (Å²) in [6.45, 7) is 0. The van der Waals surface area contributed by atoms with Crippen LogP contribution in [0.25, 0.3) is 109 Å². The Bertz CT molecular complexity index is 3510. The molecule has 0 radical (unpaired) electrons. The molecule has 4 heterocycles. The van der Waals surface area contributed by atoms with E-state index in [0.717, 1.165) is 38.2 Å². The molecule has 0 unspecified atom stereocenters. The van der Waals surface area contributed by atoms with Gasteiger partial charge in [-0.1, -0.05) is 146 Å². The molecule has 0 aliphatic carbocycles. The molecule has 57 heavy (non-hydrogen) atoms. The summed E-state index contributed by atoms with van der Waals surface area (Å²) in [5.41, 5.74) is 12.2. The van der Waals surface area contributed by atoms with Gasteiger partial charge in [-0.05, 0) is 76.0 Å². The Balaban J connectivity index is 1.15. The van der Waals surface area contributed by atoms with Crippen LogP contribution in [0.2, 0.25) is 0 Å². The fraction of sp³-hybridized carbons (Fsp3) is 0. The van der Waals surface area contributed by atoms with Crippen molar-refractivity contribution in [2.24, 2.45) is 0 Å². The number of hydrogen-bond acceptors (Lipinski definition) is 3. The quantitative estimate of drug-likeness (QED) is 0.176. The maximum Gasteiger partial charge on any atom is 0.235 e. The van der Waals surface area contributed by atoms with E-state index in [4.69, 9.17) is 9.97 Å². The Morgan fingerprint density at radius 2 is 1.05 bits per heavy atom. The van der Waals surface area contributed by atoms with E-state index in [1.54, 1.807) is 11.3 Å². The van der Waals surface area contributed by atoms with Gasteiger partial charge in [-0.2, -0.15) is 0 Å². The molecule has 266 valence electrons. The fourth-order valence-corrected chi connectivity index (χ4v) is 9.96. The molecule has 12 aromatic rings. The second-order valence-electron chi connectivity index (χ2n) is 14.6. The van der Waals surface area contributed by atoms with Crippen LogP contribution in [0.4, 0.5) is 0 Å². The Morgan fingerprint density at radius 3 is 1.88 bits per heavy atom. The third-order valence-electron chi connectivity index (χ3n) is 11.3. The molecule has 0 amide bonds. The monoisotopic (exact) mass is 744 g/mol. The fourth-order valence-electron chi connectivity index (χ4n) is 8.84. The minimum Gasteiger partial charge on any atom is -0.309 e. The number of thiophene rings is 1. The number of aromatic nitrogens is 4. The highest BCUT2D eigenvalue weighted by molar-refractivity contribution is 7.22. The first kappa shape index (κ1) is 32.0. The molecule has 0 fully saturated rings. The summed E-state index contributed by atoms with van der Waals surface area (Å²) >= 11 is 1.75. The van der Waals surface area contributed by atoms with E-state index < -0.39 is 0 Å². The lowest BCUT2D eigenvalue weighted by molar-refractivity contribution is 1.02. The van der Waals surface area contributed by atoms with Crippen LogP contribution in [0.15, 0.2) is 194 Å². The van der Waals surface area contributed by atoms with E-state index in [1.165, 1.54) is 64.9 Å². The molecule has 5 heteroatoms. The lowest BCUT2D eigenvalue weighted by atomic mass is 9.97. The molecular formula is C52H32N4S. The number of hydrogen-bond donors (Lipinski definition) is 0. The van der Waals surface area contributed by atoms with Crippen molar-refractivity contribution in [2.75, 3.05) is 0 Å². The van der Waals surface area contributed by atoms with Gasteiger partial charge in [-0.3, -0.25) is 4.57 Å². The zero-order valence-electron chi connectivity index (χ0n) is 30.7. The second kappa shape index (κ2) is 12.6. The predicted octanol–water partition coefficient (Wildman–Crippen LogP) is 14.0. The Kier molecular flexibility index (Phi) is 7.06. The van der Waals surface area contributed by atoms with E-state index >= 15 is 0 Å². The molecule has 12 rings (SSSR count). The molecule has 0 atom stereocenters. The summed E-state index contributed by atoms with van der Waals surface area (Å²) in [5, 5.41) is 7.27. The van der Waals surface area contributed by atoms with Crippen molar-refractivity contribution in [3.8, 4) is 44.5 Å². The van der Waals surface area contributed by atoms with Gasteiger partial charge in [0.2, 0.25) is 5.95 Å². The van der Waals surface area contributed by atoms with E-state index in [9.17, 15) is 0 Å². The third kappa shape index (κ3) is 4.93. The number of fused-ring (bicyclic) bond motifs is 9. The maximum atomic E-state index is 5.45. The van der Waals surface area contributed by atoms with E-state index in [1.807, 2.05) is 0 Å². The summed E-state index contributed by atoms with van der Waals surface area (Å²) in [5.74, 6) is 0.662. The van der Waals surface area contributed by atoms with Crippen molar-refractivity contribution in [3.05, 3.63) is 194 Å². The first-order chi connectivity index (χ1) is 28.3. The average Bonchev–Trinajstić information content (AvgIpc) is 3.97. The molecule has 0 aliphatic rings. The van der Waals surface area contributed by atoms with Gasteiger partial charge in [0.15, 0.2) is 0 Å². The minimum atomic E-state index is 0.662. The van der Waals surface area contributed by atoms with Gasteiger partial charge in [0.05, 0.1) is 38.0 Å². The van der Waals surface area contributed by atoms with Crippen LogP contribution in [0.3, 0.4) is 0 Å². The average molecular weight is 745 g/mol. The molecular weight excluding hydrogens is 713 g/mol. The van der Waals surface area contributed by atoms with E-state index in [0.29, 0.717) is 5.95 Å². The summed E-state index contributed by atoms with van der Waals surface area (Å²) in [6, 6.07) is 69.5. The van der Waals surface area contributed by atoms with Gasteiger partial charge in [-0.15, -0.1) is 11.3 Å². The van der Waals surface area contributed by atoms with Crippen molar-refractivity contribution < 1.29 is 0 Å². The summed E-state index contributed by atoms with van der Waals surface area (Å²) in [7, 11) is 0. The van der Waals surface area contributed by atoms with Crippen LogP contribution in [0.1, 0.15) is 0 Å². The van der Waals surface area contributed by atoms with Crippen molar-refractivity contribution in [1.29, 1.82) is 0 Å². The van der Waals surface area contributed by atoms with Crippen LogP contribution in [0, 0.1) is 0 Å². The van der Waals surface area contributed by atoms with Crippen LogP contribution >= 0.6 is 11.3 Å². The molecule has 0 saturated carbocycles. The Hall–Kier alpha value is -7.34. The highest BCUT2D eigenvalue weighted by Gasteiger charge is 2.22. The van der Waals surface area contributed by atoms with Gasteiger partial charge >= 0.3 is 0 Å². The molecule has 0 N–H and O–H groups in total. The van der Waals surface area contributed by atoms with Crippen LogP contribution in [-0.2, 0) is 0 Å². The zero-order chi connectivity index (χ0) is 37.5. The van der Waals surface area contributed by atoms with Gasteiger partial charge < -0.3 is 4.57 Å². The zero-order valence-corrected chi connectivity index (χ0v) is 31.5. The lowest BCUT2D eigenvalue weighted by Crippen LogP contribution is -2.02. The number of nitrogens with zero attached hydrogens (tertiary/aromatic N) is 4. The number of para-hydroxylation sites is 2. The summed E-state index contributed by atoms with van der Waals surface area (Å²) < 4.78 is 5.74. The van der Waals surface area contributed by atoms with Crippen molar-refractivity contribution in [1.82, 2.24) is 19.1 Å². The smallest absolute Gasteiger partial charge is 0.235 e. The highest BCUT2D eigenvalue weighted by Crippen LogP contribution is 2.44. The minimum absolute atomic E-state index is 0.662. The van der Waals surface area contributed by atoms with Crippen molar-refractivity contribution >= 4 is 75.9 Å². The third-order valence-corrected chi connectivity index (χ3v) is 12.5. The highest BCUT2D eigenvalue weighted by atomic mass is 32.1. The first-order valence-electron chi connectivity index (χ1n) is 19.3. The SMILES string of the molecule is c1ccc(-c2cc3nc(-n4c5ccc(-c6cccc7c6c6ccccc6n7-c6ccccc6)cc5c5c6ccccc6ccc54)nc(-c4ccccc4)c3s2)cc1. The molecule has 8 aromatic carbocycles. The van der Waals surface area contributed by atoms with Crippen molar-refractivity contribution in [2.45, 2.75) is 0 Å². The molecule has 0 saturated heterocycles. The summed E-state index contributed by atoms with van der Waals surface area (Å²) in [6.07, 6.45) is 0. The Morgan fingerprint density at radius 1 is 0.404 bits per heavy atom. The van der Waals surface area contributed by atoms with Gasteiger partial charge in [-0.25, -0.2) is 9.97 Å². The normalized spacial score (nSPS) is 11.9. The molecule has 0 aliphatic heterocycles. The van der Waals surface area contributed by atoms with E-state index in [2.05, 4.69) is 203 Å². The standard InChI is InChI=1S/C52H32N4S/c1-4-16-34(17-5-1)47-32-42-51(57-47)50(35-18-6-2-7-19-35)54-52(53-42)56-44-29-28-36(31-41(44)49-38-22-11-10-15-33(38)27-30-46(49)56)39-24-14-26-45-48(39)40-23-12-13-25-43(40)55(45)37-20-8-3-9-21-37/h1-32H. The molecule has 0 bridgehead atoms. The Labute approximate surface area is 332 Å². The van der Waals surface area contributed by atoms with Crippen molar-refractivity contribution in [3.63, 3.8) is 0 Å². The largest absolute Gasteiger partial charge is 0.309 e. The van der Waals surface area contributed by atoms with Crippen LogP contribution in [0.5, 0.6) is 0 Å². The van der Waals surface area contributed by atoms with Gasteiger partial charge in [0.25, 0.3) is 0 Å². The molecule has 0 spiro atoms. The van der Waals surface area contributed by atoms with Crippen LogP contribution in [-0.4, -0.2) is 19.1 Å². The topological polar surface area (TPSA) is 35.6 Å². The maximum absolute atomic E-state index is 5.45. The lowest BCUT2D eigenvalue weighted by Gasteiger charge is -2.11. The molecule has 4 aromatic heterocycles. The van der Waals surface area contributed by atoms with Gasteiger partial charge in [0, 0.05) is 37.7 Å².